The number of benzene rings is 1. The van der Waals surface area contributed by atoms with Gasteiger partial charge in [-0.2, -0.15) is 0 Å². The Hall–Kier alpha value is -1.97. The fourth-order valence-electron chi connectivity index (χ4n) is 1.35. The van der Waals surface area contributed by atoms with Gasteiger partial charge < -0.3 is 14.6 Å². The monoisotopic (exact) mass is 250 g/mol. The first kappa shape index (κ1) is 14.1. The predicted molar refractivity (Wildman–Crippen MR) is 68.8 cm³/mol. The Labute approximate surface area is 107 Å². The molecule has 4 heteroatoms. The molecule has 0 amide bonds. The van der Waals surface area contributed by atoms with Gasteiger partial charge in [0, 0.05) is 0 Å². The van der Waals surface area contributed by atoms with Gasteiger partial charge >= 0.3 is 5.97 Å². The van der Waals surface area contributed by atoms with Crippen LogP contribution in [0, 0.1) is 0 Å². The molecule has 0 bridgehead atoms. The molecule has 0 radical (unpaired) electrons. The zero-order valence-electron chi connectivity index (χ0n) is 10.9. The van der Waals surface area contributed by atoms with Gasteiger partial charge in [-0.25, -0.2) is 0 Å². The summed E-state index contributed by atoms with van der Waals surface area (Å²) in [5, 5.41) is 9.42. The predicted octanol–water partition coefficient (Wildman–Crippen LogP) is 2.45. The van der Waals surface area contributed by atoms with E-state index in [4.69, 9.17) is 9.47 Å². The summed E-state index contributed by atoms with van der Waals surface area (Å²) in [5.74, 6) is 0.101. The summed E-state index contributed by atoms with van der Waals surface area (Å²) in [5.41, 5.74) is 1.85. The lowest BCUT2D eigenvalue weighted by molar-refractivity contribution is -0.141. The first-order chi connectivity index (χ1) is 8.52. The van der Waals surface area contributed by atoms with Crippen LogP contribution in [-0.2, 0) is 16.0 Å². The maximum Gasteiger partial charge on any atom is 0.310 e. The highest BCUT2D eigenvalue weighted by Gasteiger charge is 2.07. The maximum absolute atomic E-state index is 11.5. The number of rotatable bonds is 5. The first-order valence-corrected chi connectivity index (χ1v) is 5.67. The van der Waals surface area contributed by atoms with E-state index in [1.54, 1.807) is 12.1 Å². The van der Waals surface area contributed by atoms with Crippen molar-refractivity contribution in [2.75, 3.05) is 13.7 Å². The van der Waals surface area contributed by atoms with E-state index >= 15 is 0 Å². The van der Waals surface area contributed by atoms with Crippen molar-refractivity contribution >= 4 is 5.97 Å². The van der Waals surface area contributed by atoms with Crippen LogP contribution in [0.4, 0.5) is 0 Å². The van der Waals surface area contributed by atoms with Crippen LogP contribution >= 0.6 is 0 Å². The Kier molecular flexibility index (Phi) is 5.24. The normalized spacial score (nSPS) is 9.72. The SMILES string of the molecule is COc1cc(CC(=O)OCC=C(C)C)ccc1O. The molecule has 0 heterocycles. The van der Waals surface area contributed by atoms with Gasteiger partial charge in [0.15, 0.2) is 11.5 Å². The highest BCUT2D eigenvalue weighted by molar-refractivity contribution is 5.73. The van der Waals surface area contributed by atoms with E-state index < -0.39 is 0 Å². The van der Waals surface area contributed by atoms with Gasteiger partial charge in [0.2, 0.25) is 0 Å². The first-order valence-electron chi connectivity index (χ1n) is 5.67. The third-order valence-corrected chi connectivity index (χ3v) is 2.33. The summed E-state index contributed by atoms with van der Waals surface area (Å²) < 4.78 is 10.0. The lowest BCUT2D eigenvalue weighted by atomic mass is 10.1. The molecule has 1 rings (SSSR count). The molecule has 0 aromatic heterocycles. The van der Waals surface area contributed by atoms with Crippen LogP contribution < -0.4 is 4.74 Å². The van der Waals surface area contributed by atoms with Crippen molar-refractivity contribution in [3.63, 3.8) is 0 Å². The lowest BCUT2D eigenvalue weighted by Gasteiger charge is -2.06. The Bertz CT molecular complexity index is 445. The Morgan fingerprint density at radius 3 is 2.72 bits per heavy atom. The molecule has 1 aromatic carbocycles. The van der Waals surface area contributed by atoms with Gasteiger partial charge in [0.25, 0.3) is 0 Å². The molecule has 0 unspecified atom stereocenters. The van der Waals surface area contributed by atoms with Crippen LogP contribution in [0.25, 0.3) is 0 Å². The molecule has 1 aromatic rings. The summed E-state index contributed by atoms with van der Waals surface area (Å²) in [6.07, 6.45) is 2.00. The van der Waals surface area contributed by atoms with Gasteiger partial charge in [-0.15, -0.1) is 0 Å². The van der Waals surface area contributed by atoms with Crippen molar-refractivity contribution in [2.24, 2.45) is 0 Å². The molecular formula is C14H18O4. The molecule has 0 spiro atoms. The second-order valence-corrected chi connectivity index (χ2v) is 4.15. The summed E-state index contributed by atoms with van der Waals surface area (Å²) >= 11 is 0. The van der Waals surface area contributed by atoms with Crippen LogP contribution in [0.3, 0.4) is 0 Å². The molecule has 0 aliphatic heterocycles. The topological polar surface area (TPSA) is 55.8 Å². The zero-order chi connectivity index (χ0) is 13.5. The molecule has 4 nitrogen and oxygen atoms in total. The fourth-order valence-corrected chi connectivity index (χ4v) is 1.35. The minimum absolute atomic E-state index is 0.0548. The van der Waals surface area contributed by atoms with E-state index in [2.05, 4.69) is 0 Å². The van der Waals surface area contributed by atoms with E-state index in [-0.39, 0.29) is 24.7 Å². The van der Waals surface area contributed by atoms with Gasteiger partial charge in [-0.3, -0.25) is 4.79 Å². The standard InChI is InChI=1S/C14H18O4/c1-10(2)6-7-18-14(16)9-11-4-5-12(15)13(8-11)17-3/h4-6,8,15H,7,9H2,1-3H3. The lowest BCUT2D eigenvalue weighted by Crippen LogP contribution is -2.08. The molecule has 1 N–H and O–H groups in total. The molecule has 98 valence electrons. The fraction of sp³-hybridized carbons (Fsp3) is 0.357. The van der Waals surface area contributed by atoms with Gasteiger partial charge in [-0.1, -0.05) is 11.6 Å². The number of hydrogen-bond acceptors (Lipinski definition) is 4. The Morgan fingerprint density at radius 2 is 2.11 bits per heavy atom. The third kappa shape index (κ3) is 4.49. The minimum Gasteiger partial charge on any atom is -0.504 e. The third-order valence-electron chi connectivity index (χ3n) is 2.33. The highest BCUT2D eigenvalue weighted by Crippen LogP contribution is 2.26. The molecule has 18 heavy (non-hydrogen) atoms. The number of ether oxygens (including phenoxy) is 2. The zero-order valence-corrected chi connectivity index (χ0v) is 10.9. The van der Waals surface area contributed by atoms with Crippen molar-refractivity contribution in [1.29, 1.82) is 0 Å². The molecule has 0 aliphatic rings. The van der Waals surface area contributed by atoms with Crippen molar-refractivity contribution in [3.05, 3.63) is 35.4 Å². The number of phenols is 1. The second kappa shape index (κ2) is 6.69. The summed E-state index contributed by atoms with van der Waals surface area (Å²) in [6, 6.07) is 4.79. The molecule has 0 saturated carbocycles. The number of hydrogen-bond donors (Lipinski definition) is 1. The van der Waals surface area contributed by atoms with E-state index in [1.807, 2.05) is 19.9 Å². The molecule has 0 atom stereocenters. The number of allylic oxidation sites excluding steroid dienone is 1. The quantitative estimate of drug-likeness (QED) is 0.644. The van der Waals surface area contributed by atoms with E-state index in [9.17, 15) is 9.90 Å². The van der Waals surface area contributed by atoms with Crippen molar-refractivity contribution in [2.45, 2.75) is 20.3 Å². The van der Waals surface area contributed by atoms with Crippen LogP contribution in [-0.4, -0.2) is 24.8 Å². The molecule has 0 aliphatic carbocycles. The van der Waals surface area contributed by atoms with Crippen LogP contribution in [0.2, 0.25) is 0 Å². The van der Waals surface area contributed by atoms with Crippen LogP contribution in [0.1, 0.15) is 19.4 Å². The summed E-state index contributed by atoms with van der Waals surface area (Å²) in [6.45, 7) is 4.17. The smallest absolute Gasteiger partial charge is 0.310 e. The number of carbonyl (C=O) groups excluding carboxylic acids is 1. The minimum atomic E-state index is -0.305. The van der Waals surface area contributed by atoms with Gasteiger partial charge in [0.1, 0.15) is 6.61 Å². The average molecular weight is 250 g/mol. The number of aromatic hydroxyl groups is 1. The summed E-state index contributed by atoms with van der Waals surface area (Å²) in [7, 11) is 1.46. The second-order valence-electron chi connectivity index (χ2n) is 4.15. The van der Waals surface area contributed by atoms with Gasteiger partial charge in [0.05, 0.1) is 13.5 Å². The van der Waals surface area contributed by atoms with E-state index in [0.29, 0.717) is 5.75 Å². The van der Waals surface area contributed by atoms with Gasteiger partial charge in [-0.05, 0) is 37.6 Å². The number of esters is 1. The summed E-state index contributed by atoms with van der Waals surface area (Å²) in [4.78, 5) is 11.5. The number of carbonyl (C=O) groups is 1. The number of phenolic OH excluding ortho intramolecular Hbond substituents is 1. The van der Waals surface area contributed by atoms with Crippen LogP contribution in [0.5, 0.6) is 11.5 Å². The average Bonchev–Trinajstić information content (AvgIpc) is 2.31. The maximum atomic E-state index is 11.5. The molecule has 0 saturated heterocycles. The van der Waals surface area contributed by atoms with E-state index in [1.165, 1.54) is 13.2 Å². The van der Waals surface area contributed by atoms with E-state index in [0.717, 1.165) is 11.1 Å². The largest absolute Gasteiger partial charge is 0.504 e. The van der Waals surface area contributed by atoms with Crippen LogP contribution in [0.15, 0.2) is 29.8 Å². The highest BCUT2D eigenvalue weighted by atomic mass is 16.5. The van der Waals surface area contributed by atoms with Crippen molar-refractivity contribution in [3.8, 4) is 11.5 Å². The number of methoxy groups -OCH3 is 1. The van der Waals surface area contributed by atoms with Crippen molar-refractivity contribution in [1.82, 2.24) is 0 Å². The Morgan fingerprint density at radius 1 is 1.39 bits per heavy atom. The molecular weight excluding hydrogens is 232 g/mol. The van der Waals surface area contributed by atoms with Crippen molar-refractivity contribution < 1.29 is 19.4 Å². The molecule has 0 fully saturated rings. The Balaban J connectivity index is 2.56.